The van der Waals surface area contributed by atoms with Crippen LogP contribution in [0.4, 0.5) is 0 Å². The van der Waals surface area contributed by atoms with E-state index in [4.69, 9.17) is 37.9 Å². The molecule has 0 spiro atoms. The van der Waals surface area contributed by atoms with Gasteiger partial charge < -0.3 is 58.3 Å². The molecular weight excluding hydrogens is 853 g/mol. The second-order valence-electron chi connectivity index (χ2n) is 21.6. The van der Waals surface area contributed by atoms with E-state index in [2.05, 4.69) is 95.2 Å². The van der Waals surface area contributed by atoms with Gasteiger partial charge in [-0.2, -0.15) is 0 Å². The first kappa shape index (κ1) is 55.0. The SMILES string of the molecule is Cc1cc(C(C)(C)C)ccc1OCC(O)COc1cc(C(C)(C)C)ccc1OCC(O)COCOCC(O)COc1ccc(C(C)(C)C)cc1OCC(O)COc1ccc(C(C)(C)C)cc1C. The van der Waals surface area contributed by atoms with E-state index in [1.807, 2.05) is 62.4 Å². The predicted octanol–water partition coefficient (Wildman–Crippen LogP) is 9.30. The van der Waals surface area contributed by atoms with Gasteiger partial charge in [0.25, 0.3) is 0 Å². The van der Waals surface area contributed by atoms with Crippen LogP contribution in [-0.2, 0) is 31.1 Å². The molecule has 372 valence electrons. The normalized spacial score (nSPS) is 14.2. The summed E-state index contributed by atoms with van der Waals surface area (Å²) >= 11 is 0. The van der Waals surface area contributed by atoms with Crippen molar-refractivity contribution < 1.29 is 58.3 Å². The highest BCUT2D eigenvalue weighted by Gasteiger charge is 2.22. The van der Waals surface area contributed by atoms with E-state index in [1.165, 1.54) is 11.1 Å². The van der Waals surface area contributed by atoms with Crippen molar-refractivity contribution in [1.29, 1.82) is 0 Å². The molecule has 0 saturated carbocycles. The fraction of sp³-hybridized carbons (Fsp3) is 0.564. The van der Waals surface area contributed by atoms with Crippen LogP contribution in [0.3, 0.4) is 0 Å². The Balaban J connectivity index is 1.21. The number of hydrogen-bond acceptors (Lipinski definition) is 12. The molecule has 0 saturated heterocycles. The van der Waals surface area contributed by atoms with Crippen LogP contribution in [0, 0.1) is 13.8 Å². The number of aryl methyl sites for hydroxylation is 2. The largest absolute Gasteiger partial charge is 0.490 e. The molecule has 4 aromatic carbocycles. The molecule has 4 unspecified atom stereocenters. The summed E-state index contributed by atoms with van der Waals surface area (Å²) in [5.41, 5.74) is 6.14. The molecule has 0 radical (unpaired) electrons. The van der Waals surface area contributed by atoms with Crippen molar-refractivity contribution in [2.24, 2.45) is 0 Å². The third-order valence-corrected chi connectivity index (χ3v) is 11.1. The van der Waals surface area contributed by atoms with Crippen LogP contribution in [-0.4, -0.2) is 104 Å². The molecule has 0 aliphatic rings. The van der Waals surface area contributed by atoms with E-state index in [1.54, 1.807) is 12.1 Å². The van der Waals surface area contributed by atoms with Gasteiger partial charge in [-0.05, 0) is 105 Å². The monoisotopic (exact) mass is 933 g/mol. The molecule has 4 aromatic rings. The molecule has 4 rings (SSSR count). The summed E-state index contributed by atoms with van der Waals surface area (Å²) in [5, 5.41) is 42.9. The average Bonchev–Trinajstić information content (AvgIpc) is 3.23. The average molecular weight is 933 g/mol. The van der Waals surface area contributed by atoms with Crippen LogP contribution in [0.1, 0.15) is 116 Å². The molecule has 0 aliphatic heterocycles. The minimum absolute atomic E-state index is 0.0210. The first-order chi connectivity index (χ1) is 31.2. The molecule has 0 heterocycles. The zero-order valence-electron chi connectivity index (χ0n) is 42.7. The maximum Gasteiger partial charge on any atom is 0.161 e. The quantitative estimate of drug-likeness (QED) is 0.0391. The fourth-order valence-electron chi connectivity index (χ4n) is 6.70. The molecular formula is C55H80O12. The number of ether oxygens (including phenoxy) is 8. The lowest BCUT2D eigenvalue weighted by atomic mass is 9.86. The van der Waals surface area contributed by atoms with Crippen molar-refractivity contribution in [3.63, 3.8) is 0 Å². The Morgan fingerprint density at radius 1 is 0.328 bits per heavy atom. The highest BCUT2D eigenvalue weighted by Crippen LogP contribution is 2.36. The smallest absolute Gasteiger partial charge is 0.161 e. The van der Waals surface area contributed by atoms with Crippen LogP contribution in [0.15, 0.2) is 72.8 Å². The standard InChI is InChI=1S/C55H80O12/c1-36-23-38(52(3,4)5)15-19-46(36)62-31-44(58)33-66-50-25-40(54(9,10)11)17-21-48(50)64-29-42(56)27-60-35-61-28-43(57)30-65-49-22-18-41(55(12,13)14)26-51(49)67-34-45(59)32-63-47-20-16-39(24-37(47)2)53(6,7)8/h15-26,42-45,56-59H,27-35H2,1-14H3. The third-order valence-electron chi connectivity index (χ3n) is 11.1. The summed E-state index contributed by atoms with van der Waals surface area (Å²) in [6.07, 6.45) is -3.81. The van der Waals surface area contributed by atoms with Gasteiger partial charge in [-0.1, -0.05) is 119 Å². The van der Waals surface area contributed by atoms with Crippen LogP contribution >= 0.6 is 0 Å². The summed E-state index contributed by atoms with van der Waals surface area (Å²) in [7, 11) is 0. The third kappa shape index (κ3) is 18.1. The van der Waals surface area contributed by atoms with E-state index in [0.29, 0.717) is 34.5 Å². The second kappa shape index (κ2) is 24.1. The van der Waals surface area contributed by atoms with Crippen molar-refractivity contribution in [3.8, 4) is 34.5 Å². The summed E-state index contributed by atoms with van der Waals surface area (Å²) < 4.78 is 47.0. The Labute approximate surface area is 400 Å². The van der Waals surface area contributed by atoms with E-state index in [9.17, 15) is 20.4 Å². The number of rotatable bonds is 24. The van der Waals surface area contributed by atoms with Crippen molar-refractivity contribution in [1.82, 2.24) is 0 Å². The molecule has 12 nitrogen and oxygen atoms in total. The Kier molecular flexibility index (Phi) is 19.8. The molecule has 0 aromatic heterocycles. The highest BCUT2D eigenvalue weighted by molar-refractivity contribution is 5.46. The molecule has 4 atom stereocenters. The van der Waals surface area contributed by atoms with Crippen molar-refractivity contribution in [2.45, 2.75) is 143 Å². The predicted molar refractivity (Wildman–Crippen MR) is 264 cm³/mol. The molecule has 0 amide bonds. The molecule has 12 heteroatoms. The Morgan fingerprint density at radius 3 is 0.851 bits per heavy atom. The lowest BCUT2D eigenvalue weighted by molar-refractivity contribution is -0.104. The summed E-state index contributed by atoms with van der Waals surface area (Å²) in [4.78, 5) is 0. The second-order valence-corrected chi connectivity index (χ2v) is 21.6. The molecule has 67 heavy (non-hydrogen) atoms. The Hall–Kier alpha value is -4.56. The number of aliphatic hydroxyl groups is 4. The van der Waals surface area contributed by atoms with Gasteiger partial charge in [0.2, 0.25) is 0 Å². The van der Waals surface area contributed by atoms with Crippen LogP contribution < -0.4 is 28.4 Å². The first-order valence-electron chi connectivity index (χ1n) is 23.4. The summed E-state index contributed by atoms with van der Waals surface area (Å²) in [6.45, 7) is 29.0. The zero-order chi connectivity index (χ0) is 49.7. The van der Waals surface area contributed by atoms with Gasteiger partial charge in [0.1, 0.15) is 82.3 Å². The number of hydrogen-bond donors (Lipinski definition) is 4. The lowest BCUT2D eigenvalue weighted by Gasteiger charge is -2.23. The van der Waals surface area contributed by atoms with Gasteiger partial charge in [0.05, 0.1) is 13.2 Å². The van der Waals surface area contributed by atoms with Crippen molar-refractivity contribution in [3.05, 3.63) is 106 Å². The van der Waals surface area contributed by atoms with E-state index < -0.39 is 24.4 Å². The molecule has 0 bridgehead atoms. The van der Waals surface area contributed by atoms with Crippen LogP contribution in [0.2, 0.25) is 0 Å². The van der Waals surface area contributed by atoms with Crippen LogP contribution in [0.5, 0.6) is 34.5 Å². The van der Waals surface area contributed by atoms with Gasteiger partial charge in [-0.15, -0.1) is 0 Å². The zero-order valence-corrected chi connectivity index (χ0v) is 42.7. The molecule has 0 fully saturated rings. The van der Waals surface area contributed by atoms with E-state index in [-0.39, 0.29) is 81.3 Å². The van der Waals surface area contributed by atoms with E-state index in [0.717, 1.165) is 22.3 Å². The number of aliphatic hydroxyl groups excluding tert-OH is 4. The lowest BCUT2D eigenvalue weighted by Crippen LogP contribution is -2.27. The highest BCUT2D eigenvalue weighted by atomic mass is 16.7. The van der Waals surface area contributed by atoms with Gasteiger partial charge in [-0.25, -0.2) is 0 Å². The van der Waals surface area contributed by atoms with Gasteiger partial charge in [0, 0.05) is 0 Å². The minimum atomic E-state index is -0.998. The number of benzene rings is 4. The van der Waals surface area contributed by atoms with Crippen molar-refractivity contribution >= 4 is 0 Å². The summed E-state index contributed by atoms with van der Waals surface area (Å²) in [5.74, 6) is 3.11. The van der Waals surface area contributed by atoms with Gasteiger partial charge >= 0.3 is 0 Å². The topological polar surface area (TPSA) is 155 Å². The fourth-order valence-corrected chi connectivity index (χ4v) is 6.70. The van der Waals surface area contributed by atoms with Crippen molar-refractivity contribution in [2.75, 3.05) is 59.6 Å². The Bertz CT molecular complexity index is 1990. The molecule has 0 aliphatic carbocycles. The Morgan fingerprint density at radius 2 is 0.567 bits per heavy atom. The van der Waals surface area contributed by atoms with Crippen LogP contribution in [0.25, 0.3) is 0 Å². The maximum absolute atomic E-state index is 10.8. The van der Waals surface area contributed by atoms with Gasteiger partial charge in [-0.3, -0.25) is 0 Å². The first-order valence-corrected chi connectivity index (χ1v) is 23.4. The minimum Gasteiger partial charge on any atom is -0.490 e. The van der Waals surface area contributed by atoms with E-state index >= 15 is 0 Å². The molecule has 4 N–H and O–H groups in total. The maximum atomic E-state index is 10.8. The summed E-state index contributed by atoms with van der Waals surface area (Å²) in [6, 6.07) is 23.4. The van der Waals surface area contributed by atoms with Gasteiger partial charge in [0.15, 0.2) is 23.0 Å².